The first-order valence-corrected chi connectivity index (χ1v) is 6.53. The molecule has 0 aromatic heterocycles. The van der Waals surface area contributed by atoms with Crippen molar-refractivity contribution >= 4 is 17.4 Å². The number of nitro groups is 1. The number of benzene rings is 1. The lowest BCUT2D eigenvalue weighted by Gasteiger charge is -2.02. The van der Waals surface area contributed by atoms with Crippen LogP contribution in [0.4, 0.5) is 5.69 Å². The fourth-order valence-corrected chi connectivity index (χ4v) is 1.84. The number of hydrogen-bond donors (Lipinski definition) is 0. The van der Waals surface area contributed by atoms with Gasteiger partial charge >= 0.3 is 0 Å². The summed E-state index contributed by atoms with van der Waals surface area (Å²) >= 11 is 1.60. The SMILES string of the molecule is CCCCO[CH]CSc1ccc([N+](=O)[O-])cc1. The Hall–Kier alpha value is -1.07. The van der Waals surface area contributed by atoms with Gasteiger partial charge in [-0.15, -0.1) is 11.8 Å². The molecule has 1 rings (SSSR count). The van der Waals surface area contributed by atoms with E-state index in [4.69, 9.17) is 4.74 Å². The van der Waals surface area contributed by atoms with Crippen LogP contribution in [-0.4, -0.2) is 17.3 Å². The Bertz CT molecular complexity index is 340. The highest BCUT2D eigenvalue weighted by Gasteiger charge is 2.03. The standard InChI is InChI=1S/C12H16NO3S/c1-2-3-8-16-9-10-17-12-6-4-11(5-7-12)13(14)15/h4-7,9H,2-3,8,10H2,1H3. The Kier molecular flexibility index (Phi) is 6.65. The van der Waals surface area contributed by atoms with Gasteiger partial charge in [-0.2, -0.15) is 0 Å². The van der Waals surface area contributed by atoms with Gasteiger partial charge in [0.2, 0.25) is 0 Å². The van der Waals surface area contributed by atoms with Gasteiger partial charge in [0.05, 0.1) is 11.5 Å². The first-order chi connectivity index (χ1) is 8.24. The lowest BCUT2D eigenvalue weighted by Crippen LogP contribution is -1.93. The zero-order chi connectivity index (χ0) is 12.5. The number of non-ortho nitro benzene ring substituents is 1. The van der Waals surface area contributed by atoms with E-state index in [-0.39, 0.29) is 5.69 Å². The minimum Gasteiger partial charge on any atom is -0.375 e. The van der Waals surface area contributed by atoms with Crippen molar-refractivity contribution in [2.45, 2.75) is 24.7 Å². The van der Waals surface area contributed by atoms with Crippen molar-refractivity contribution in [3.63, 3.8) is 0 Å². The van der Waals surface area contributed by atoms with E-state index in [2.05, 4.69) is 6.92 Å². The molecule has 0 saturated carbocycles. The lowest BCUT2D eigenvalue weighted by atomic mass is 10.3. The highest BCUT2D eigenvalue weighted by molar-refractivity contribution is 7.99. The summed E-state index contributed by atoms with van der Waals surface area (Å²) in [5.41, 5.74) is 0.123. The predicted octanol–water partition coefficient (Wildman–Crippen LogP) is 3.67. The van der Waals surface area contributed by atoms with Gasteiger partial charge in [-0.25, -0.2) is 0 Å². The van der Waals surface area contributed by atoms with Gasteiger partial charge in [-0.3, -0.25) is 10.1 Å². The monoisotopic (exact) mass is 254 g/mol. The molecule has 0 bridgehead atoms. The Labute approximate surface area is 106 Å². The molecule has 5 heteroatoms. The molecular weight excluding hydrogens is 238 g/mol. The van der Waals surface area contributed by atoms with Crippen LogP contribution in [0, 0.1) is 16.7 Å². The summed E-state index contributed by atoms with van der Waals surface area (Å²) in [7, 11) is 0. The van der Waals surface area contributed by atoms with Gasteiger partial charge in [0.25, 0.3) is 5.69 Å². The van der Waals surface area contributed by atoms with Gasteiger partial charge in [0.15, 0.2) is 0 Å². The normalized spacial score (nSPS) is 10.4. The number of unbranched alkanes of at least 4 members (excludes halogenated alkanes) is 1. The van der Waals surface area contributed by atoms with E-state index < -0.39 is 4.92 Å². The average molecular weight is 254 g/mol. The smallest absolute Gasteiger partial charge is 0.269 e. The quantitative estimate of drug-likeness (QED) is 0.307. The van der Waals surface area contributed by atoms with Crippen LogP contribution in [0.5, 0.6) is 0 Å². The third kappa shape index (κ3) is 5.70. The topological polar surface area (TPSA) is 52.4 Å². The Morgan fingerprint density at radius 1 is 1.41 bits per heavy atom. The largest absolute Gasteiger partial charge is 0.375 e. The second kappa shape index (κ2) is 8.08. The molecular formula is C12H16NO3S. The van der Waals surface area contributed by atoms with Crippen LogP contribution in [0.2, 0.25) is 0 Å². The predicted molar refractivity (Wildman–Crippen MR) is 69.0 cm³/mol. The van der Waals surface area contributed by atoms with E-state index in [9.17, 15) is 10.1 Å². The average Bonchev–Trinajstić information content (AvgIpc) is 2.34. The molecule has 0 amide bonds. The van der Waals surface area contributed by atoms with Crippen LogP contribution in [-0.2, 0) is 4.74 Å². The third-order valence-electron chi connectivity index (χ3n) is 2.10. The summed E-state index contributed by atoms with van der Waals surface area (Å²) in [6.45, 7) is 4.66. The van der Waals surface area contributed by atoms with Gasteiger partial charge in [0.1, 0.15) is 0 Å². The van der Waals surface area contributed by atoms with Gasteiger partial charge in [-0.1, -0.05) is 13.3 Å². The molecule has 0 atom stereocenters. The zero-order valence-corrected chi connectivity index (χ0v) is 10.6. The molecule has 1 aromatic rings. The maximum absolute atomic E-state index is 10.4. The van der Waals surface area contributed by atoms with Crippen LogP contribution in [0.1, 0.15) is 19.8 Å². The molecule has 17 heavy (non-hydrogen) atoms. The fraction of sp³-hybridized carbons (Fsp3) is 0.417. The first kappa shape index (κ1) is 14.0. The summed E-state index contributed by atoms with van der Waals surface area (Å²) < 4.78 is 5.30. The molecule has 4 nitrogen and oxygen atoms in total. The summed E-state index contributed by atoms with van der Waals surface area (Å²) in [4.78, 5) is 11.1. The van der Waals surface area contributed by atoms with Gasteiger partial charge in [-0.05, 0) is 18.6 Å². The van der Waals surface area contributed by atoms with E-state index in [0.29, 0.717) is 0 Å². The number of nitro benzene ring substituents is 1. The Balaban J connectivity index is 2.21. The number of ether oxygens (including phenoxy) is 1. The summed E-state index contributed by atoms with van der Waals surface area (Å²) in [6.07, 6.45) is 2.20. The second-order valence-electron chi connectivity index (χ2n) is 3.45. The number of hydrogen-bond acceptors (Lipinski definition) is 4. The Morgan fingerprint density at radius 2 is 2.12 bits per heavy atom. The van der Waals surface area contributed by atoms with E-state index in [1.807, 2.05) is 0 Å². The van der Waals surface area contributed by atoms with Crippen LogP contribution >= 0.6 is 11.8 Å². The van der Waals surface area contributed by atoms with Crippen molar-refractivity contribution in [2.24, 2.45) is 0 Å². The highest BCUT2D eigenvalue weighted by atomic mass is 32.2. The van der Waals surface area contributed by atoms with Crippen LogP contribution in [0.25, 0.3) is 0 Å². The summed E-state index contributed by atoms with van der Waals surface area (Å²) in [5, 5.41) is 10.4. The molecule has 0 N–H and O–H groups in total. The summed E-state index contributed by atoms with van der Waals surface area (Å²) in [5.74, 6) is 0.752. The minimum atomic E-state index is -0.394. The van der Waals surface area contributed by atoms with Crippen molar-refractivity contribution in [1.82, 2.24) is 0 Å². The molecule has 93 valence electrons. The zero-order valence-electron chi connectivity index (χ0n) is 9.80. The van der Waals surface area contributed by atoms with Crippen LogP contribution in [0.15, 0.2) is 29.2 Å². The maximum atomic E-state index is 10.4. The van der Waals surface area contributed by atoms with Crippen molar-refractivity contribution in [3.05, 3.63) is 41.0 Å². The van der Waals surface area contributed by atoms with E-state index in [1.165, 1.54) is 12.1 Å². The van der Waals surface area contributed by atoms with E-state index >= 15 is 0 Å². The van der Waals surface area contributed by atoms with Crippen molar-refractivity contribution in [2.75, 3.05) is 12.4 Å². The van der Waals surface area contributed by atoms with E-state index in [0.717, 1.165) is 30.1 Å². The molecule has 0 saturated heterocycles. The van der Waals surface area contributed by atoms with Crippen molar-refractivity contribution < 1.29 is 9.66 Å². The molecule has 0 aliphatic rings. The van der Waals surface area contributed by atoms with Crippen LogP contribution < -0.4 is 0 Å². The van der Waals surface area contributed by atoms with E-state index in [1.54, 1.807) is 30.5 Å². The minimum absolute atomic E-state index is 0.123. The molecule has 1 radical (unpaired) electrons. The molecule has 0 aliphatic heterocycles. The van der Waals surface area contributed by atoms with Crippen molar-refractivity contribution in [1.29, 1.82) is 0 Å². The Morgan fingerprint density at radius 3 is 2.71 bits per heavy atom. The summed E-state index contributed by atoms with van der Waals surface area (Å²) in [6, 6.07) is 6.53. The number of nitrogens with zero attached hydrogens (tertiary/aromatic N) is 1. The van der Waals surface area contributed by atoms with Gasteiger partial charge < -0.3 is 4.74 Å². The second-order valence-corrected chi connectivity index (χ2v) is 4.55. The van der Waals surface area contributed by atoms with Crippen molar-refractivity contribution in [3.8, 4) is 0 Å². The molecule has 0 aliphatic carbocycles. The highest BCUT2D eigenvalue weighted by Crippen LogP contribution is 2.21. The maximum Gasteiger partial charge on any atom is 0.269 e. The number of thioether (sulfide) groups is 1. The molecule has 0 spiro atoms. The molecule has 0 fully saturated rings. The fourth-order valence-electron chi connectivity index (χ4n) is 1.15. The molecule has 1 aromatic carbocycles. The third-order valence-corrected chi connectivity index (χ3v) is 3.01. The molecule has 0 heterocycles. The number of rotatable bonds is 8. The van der Waals surface area contributed by atoms with Gasteiger partial charge in [0, 0.05) is 29.4 Å². The molecule has 0 unspecified atom stereocenters. The lowest BCUT2D eigenvalue weighted by molar-refractivity contribution is -0.384. The van der Waals surface area contributed by atoms with Crippen LogP contribution in [0.3, 0.4) is 0 Å². The first-order valence-electron chi connectivity index (χ1n) is 5.54.